The molecular formula is C8H12N4O3S. The Bertz CT molecular complexity index is 495. The van der Waals surface area contributed by atoms with Gasteiger partial charge in [0.1, 0.15) is 5.69 Å². The molecule has 1 aromatic rings. The van der Waals surface area contributed by atoms with E-state index in [0.717, 1.165) is 0 Å². The van der Waals surface area contributed by atoms with E-state index in [9.17, 15) is 13.2 Å². The molecule has 0 aliphatic carbocycles. The number of aldehydes is 1. The van der Waals surface area contributed by atoms with Crippen molar-refractivity contribution >= 4 is 16.3 Å². The molecular weight excluding hydrogens is 232 g/mol. The molecule has 8 heteroatoms. The lowest BCUT2D eigenvalue weighted by Crippen LogP contribution is -2.28. The molecule has 1 atom stereocenters. The fourth-order valence-corrected chi connectivity index (χ4v) is 2.63. The zero-order valence-electron chi connectivity index (χ0n) is 8.78. The van der Waals surface area contributed by atoms with Crippen LogP contribution in [0.5, 0.6) is 0 Å². The van der Waals surface area contributed by atoms with Crippen LogP contribution in [0.15, 0.2) is 6.20 Å². The van der Waals surface area contributed by atoms with Crippen LogP contribution >= 0.6 is 0 Å². The van der Waals surface area contributed by atoms with E-state index in [1.807, 2.05) is 0 Å². The average Bonchev–Trinajstić information content (AvgIpc) is 2.85. The van der Waals surface area contributed by atoms with Gasteiger partial charge in [-0.2, -0.15) is 4.31 Å². The summed E-state index contributed by atoms with van der Waals surface area (Å²) in [7, 11) is -3.14. The first kappa shape index (κ1) is 11.2. The van der Waals surface area contributed by atoms with Crippen molar-refractivity contribution in [1.82, 2.24) is 19.3 Å². The predicted molar refractivity (Wildman–Crippen MR) is 55.5 cm³/mol. The van der Waals surface area contributed by atoms with Gasteiger partial charge in [-0.1, -0.05) is 5.21 Å². The van der Waals surface area contributed by atoms with Gasteiger partial charge in [-0.25, -0.2) is 13.1 Å². The van der Waals surface area contributed by atoms with E-state index in [2.05, 4.69) is 10.3 Å². The molecule has 0 unspecified atom stereocenters. The normalized spacial score (nSPS) is 22.4. The molecule has 7 nitrogen and oxygen atoms in total. The third kappa shape index (κ3) is 2.12. The lowest BCUT2D eigenvalue weighted by Gasteiger charge is -2.12. The Morgan fingerprint density at radius 2 is 2.31 bits per heavy atom. The summed E-state index contributed by atoms with van der Waals surface area (Å²) in [5, 5.41) is 7.44. The largest absolute Gasteiger partial charge is 0.296 e. The molecule has 88 valence electrons. The molecule has 0 bridgehead atoms. The van der Waals surface area contributed by atoms with Crippen molar-refractivity contribution in [2.45, 2.75) is 12.5 Å². The summed E-state index contributed by atoms with van der Waals surface area (Å²) < 4.78 is 25.5. The van der Waals surface area contributed by atoms with Gasteiger partial charge in [-0.05, 0) is 6.42 Å². The van der Waals surface area contributed by atoms with Gasteiger partial charge in [0.05, 0.1) is 18.5 Å². The molecule has 1 aliphatic heterocycles. The number of nitrogens with zero attached hydrogens (tertiary/aromatic N) is 4. The van der Waals surface area contributed by atoms with E-state index in [4.69, 9.17) is 0 Å². The van der Waals surface area contributed by atoms with E-state index in [1.54, 1.807) is 4.68 Å². The number of rotatable bonds is 3. The molecule has 0 N–H and O–H groups in total. The van der Waals surface area contributed by atoms with Gasteiger partial charge in [0.25, 0.3) is 0 Å². The Morgan fingerprint density at radius 3 is 2.81 bits per heavy atom. The highest BCUT2D eigenvalue weighted by atomic mass is 32.2. The second kappa shape index (κ2) is 3.95. The van der Waals surface area contributed by atoms with Crippen LogP contribution in [0.2, 0.25) is 0 Å². The summed E-state index contributed by atoms with van der Waals surface area (Å²) >= 11 is 0. The maximum absolute atomic E-state index is 11.3. The van der Waals surface area contributed by atoms with Crippen molar-refractivity contribution in [1.29, 1.82) is 0 Å². The van der Waals surface area contributed by atoms with Crippen LogP contribution in [0.4, 0.5) is 0 Å². The van der Waals surface area contributed by atoms with Gasteiger partial charge in [0.15, 0.2) is 6.29 Å². The third-order valence-corrected chi connectivity index (χ3v) is 3.89. The number of carbonyl (C=O) groups excluding carboxylic acids is 1. The number of carbonyl (C=O) groups is 1. The SMILES string of the molecule is CS(=O)(=O)N1CC[C@@H](n2cc(C=O)nn2)C1. The Kier molecular flexibility index (Phi) is 2.76. The molecule has 0 amide bonds. The quantitative estimate of drug-likeness (QED) is 0.656. The Labute approximate surface area is 93.1 Å². The molecule has 2 rings (SSSR count). The minimum Gasteiger partial charge on any atom is -0.296 e. The number of sulfonamides is 1. The highest BCUT2D eigenvalue weighted by molar-refractivity contribution is 7.88. The highest BCUT2D eigenvalue weighted by Gasteiger charge is 2.30. The van der Waals surface area contributed by atoms with Gasteiger partial charge < -0.3 is 0 Å². The van der Waals surface area contributed by atoms with Gasteiger partial charge in [0, 0.05) is 13.1 Å². The van der Waals surface area contributed by atoms with Crippen LogP contribution < -0.4 is 0 Å². The molecule has 0 saturated carbocycles. The van der Waals surface area contributed by atoms with Crippen molar-refractivity contribution < 1.29 is 13.2 Å². The summed E-state index contributed by atoms with van der Waals surface area (Å²) in [6.45, 7) is 0.875. The first-order valence-electron chi connectivity index (χ1n) is 4.83. The molecule has 0 radical (unpaired) electrons. The van der Waals surface area contributed by atoms with Crippen LogP contribution in [-0.4, -0.2) is 53.3 Å². The fourth-order valence-electron chi connectivity index (χ4n) is 1.75. The highest BCUT2D eigenvalue weighted by Crippen LogP contribution is 2.22. The van der Waals surface area contributed by atoms with Crippen molar-refractivity contribution in [2.24, 2.45) is 0 Å². The second-order valence-corrected chi connectivity index (χ2v) is 5.79. The summed E-state index contributed by atoms with van der Waals surface area (Å²) in [6.07, 6.45) is 4.03. The zero-order valence-corrected chi connectivity index (χ0v) is 9.59. The van der Waals surface area contributed by atoms with Crippen molar-refractivity contribution in [3.63, 3.8) is 0 Å². The number of hydrogen-bond donors (Lipinski definition) is 0. The maximum atomic E-state index is 11.3. The fraction of sp³-hybridized carbons (Fsp3) is 0.625. The Morgan fingerprint density at radius 1 is 1.56 bits per heavy atom. The minimum atomic E-state index is -3.14. The van der Waals surface area contributed by atoms with Gasteiger partial charge in [-0.3, -0.25) is 4.79 Å². The van der Waals surface area contributed by atoms with Crippen LogP contribution in [0.3, 0.4) is 0 Å². The van der Waals surface area contributed by atoms with Crippen molar-refractivity contribution in [3.8, 4) is 0 Å². The first-order chi connectivity index (χ1) is 7.50. The zero-order chi connectivity index (χ0) is 11.8. The first-order valence-corrected chi connectivity index (χ1v) is 6.67. The lowest BCUT2D eigenvalue weighted by atomic mass is 10.3. The molecule has 1 aliphatic rings. The van der Waals surface area contributed by atoms with Gasteiger partial charge >= 0.3 is 0 Å². The molecule has 0 spiro atoms. The molecule has 1 saturated heterocycles. The third-order valence-electron chi connectivity index (χ3n) is 2.62. The summed E-state index contributed by atoms with van der Waals surface area (Å²) in [6, 6.07) is -0.0316. The van der Waals surface area contributed by atoms with Crippen LogP contribution in [0.25, 0.3) is 0 Å². The smallest absolute Gasteiger partial charge is 0.211 e. The number of aromatic nitrogens is 3. The van der Waals surface area contributed by atoms with E-state index >= 15 is 0 Å². The summed E-state index contributed by atoms with van der Waals surface area (Å²) in [4.78, 5) is 10.4. The predicted octanol–water partition coefficient (Wildman–Crippen LogP) is -0.703. The monoisotopic (exact) mass is 244 g/mol. The summed E-state index contributed by atoms with van der Waals surface area (Å²) in [5.74, 6) is 0. The van der Waals surface area contributed by atoms with Gasteiger partial charge in [0.2, 0.25) is 10.0 Å². The van der Waals surface area contributed by atoms with E-state index in [0.29, 0.717) is 25.8 Å². The maximum Gasteiger partial charge on any atom is 0.211 e. The van der Waals surface area contributed by atoms with E-state index in [-0.39, 0.29) is 11.7 Å². The molecule has 16 heavy (non-hydrogen) atoms. The molecule has 2 heterocycles. The molecule has 1 aromatic heterocycles. The lowest BCUT2D eigenvalue weighted by molar-refractivity contribution is 0.111. The summed E-state index contributed by atoms with van der Waals surface area (Å²) in [5.41, 5.74) is 0.262. The van der Waals surface area contributed by atoms with Crippen LogP contribution in [-0.2, 0) is 10.0 Å². The van der Waals surface area contributed by atoms with Crippen LogP contribution in [0.1, 0.15) is 23.0 Å². The van der Waals surface area contributed by atoms with Crippen molar-refractivity contribution in [3.05, 3.63) is 11.9 Å². The minimum absolute atomic E-state index is 0.0316. The second-order valence-electron chi connectivity index (χ2n) is 3.80. The van der Waals surface area contributed by atoms with E-state index in [1.165, 1.54) is 16.8 Å². The Balaban J connectivity index is 2.12. The standard InChI is InChI=1S/C8H12N4O3S/c1-16(14,15)11-3-2-8(5-11)12-4-7(6-13)9-10-12/h4,6,8H,2-3,5H2,1H3/t8-/m1/s1. The molecule has 0 aromatic carbocycles. The van der Waals surface area contributed by atoms with E-state index < -0.39 is 10.0 Å². The van der Waals surface area contributed by atoms with Crippen LogP contribution in [0, 0.1) is 0 Å². The van der Waals surface area contributed by atoms with Crippen molar-refractivity contribution in [2.75, 3.05) is 19.3 Å². The average molecular weight is 244 g/mol. The number of hydrogen-bond acceptors (Lipinski definition) is 5. The topological polar surface area (TPSA) is 85.2 Å². The Hall–Kier alpha value is -1.28. The molecule has 1 fully saturated rings. The van der Waals surface area contributed by atoms with Gasteiger partial charge in [-0.15, -0.1) is 5.10 Å².